The second-order valence-electron chi connectivity index (χ2n) is 9.73. The number of halogens is 8. The summed E-state index contributed by atoms with van der Waals surface area (Å²) in [5, 5.41) is 4.61. The van der Waals surface area contributed by atoms with Gasteiger partial charge in [-0.2, -0.15) is 26.3 Å². The fraction of sp³-hybridized carbons (Fsp3) is 0.267. The fourth-order valence-corrected chi connectivity index (χ4v) is 4.84. The van der Waals surface area contributed by atoms with Crippen molar-refractivity contribution in [1.82, 2.24) is 4.90 Å². The van der Waals surface area contributed by atoms with E-state index < -0.39 is 40.9 Å². The van der Waals surface area contributed by atoms with Crippen LogP contribution in [0.4, 0.5) is 37.7 Å². The molecule has 0 aromatic heterocycles. The lowest BCUT2D eigenvalue weighted by Gasteiger charge is -2.26. The zero-order valence-electron chi connectivity index (χ0n) is 23.2. The first-order valence-electron chi connectivity index (χ1n) is 13.3. The van der Waals surface area contributed by atoms with Gasteiger partial charge >= 0.3 is 12.4 Å². The maximum absolute atomic E-state index is 13.4. The molecule has 3 aromatic rings. The molecule has 0 spiro atoms. The Hall–Kier alpha value is -3.78. The first-order valence-corrected chi connectivity index (χ1v) is 14.1. The highest BCUT2D eigenvalue weighted by Crippen LogP contribution is 2.35. The lowest BCUT2D eigenvalue weighted by atomic mass is 10.1. The quantitative estimate of drug-likeness (QED) is 0.107. The van der Waals surface area contributed by atoms with E-state index in [-0.39, 0.29) is 39.3 Å². The molecule has 45 heavy (non-hydrogen) atoms. The van der Waals surface area contributed by atoms with Crippen LogP contribution in [-0.4, -0.2) is 56.2 Å². The van der Waals surface area contributed by atoms with E-state index in [1.807, 2.05) is 0 Å². The average Bonchev–Trinajstić information content (AvgIpc) is 2.97. The summed E-state index contributed by atoms with van der Waals surface area (Å²) in [4.78, 5) is 28.9. The van der Waals surface area contributed by atoms with Gasteiger partial charge in [0.25, 0.3) is 11.8 Å². The second-order valence-corrected chi connectivity index (χ2v) is 10.6. The van der Waals surface area contributed by atoms with Crippen LogP contribution in [0.3, 0.4) is 0 Å². The normalized spacial score (nSPS) is 14.0. The molecule has 0 bridgehead atoms. The summed E-state index contributed by atoms with van der Waals surface area (Å²) in [6.07, 6.45) is -8.40. The topological polar surface area (TPSA) is 79.9 Å². The van der Waals surface area contributed by atoms with E-state index in [0.29, 0.717) is 45.0 Å². The van der Waals surface area contributed by atoms with Crippen LogP contribution in [0.1, 0.15) is 16.7 Å². The highest BCUT2D eigenvalue weighted by Gasteiger charge is 2.32. The number of benzene rings is 3. The number of ether oxygens (including phenoxy) is 2. The first kappa shape index (κ1) is 34.1. The number of nitrogens with zero attached hydrogens (tertiary/aromatic N) is 1. The van der Waals surface area contributed by atoms with Gasteiger partial charge in [-0.25, -0.2) is 0 Å². The summed E-state index contributed by atoms with van der Waals surface area (Å²) in [6.45, 7) is 3.11. The van der Waals surface area contributed by atoms with Crippen LogP contribution < -0.4 is 15.4 Å². The summed E-state index contributed by atoms with van der Waals surface area (Å²) in [5.41, 5.74) is -3.34. The minimum Gasteiger partial charge on any atom is -0.490 e. The molecule has 1 aliphatic rings. The molecule has 7 nitrogen and oxygen atoms in total. The lowest BCUT2D eigenvalue weighted by molar-refractivity contribution is -0.138. The van der Waals surface area contributed by atoms with Gasteiger partial charge in [-0.1, -0.05) is 35.3 Å². The molecule has 1 saturated heterocycles. The molecule has 1 aliphatic heterocycles. The lowest BCUT2D eigenvalue weighted by Crippen LogP contribution is -2.38. The third-order valence-corrected chi connectivity index (χ3v) is 6.98. The predicted octanol–water partition coefficient (Wildman–Crippen LogP) is 7.40. The number of hydrogen-bond donors (Lipinski definition) is 2. The van der Waals surface area contributed by atoms with Crippen molar-refractivity contribution in [3.05, 3.63) is 93.0 Å². The van der Waals surface area contributed by atoms with Crippen LogP contribution in [-0.2, 0) is 26.7 Å². The van der Waals surface area contributed by atoms with E-state index in [4.69, 9.17) is 32.7 Å². The predicted molar refractivity (Wildman–Crippen MR) is 157 cm³/mol. The Morgan fingerprint density at radius 2 is 1.38 bits per heavy atom. The molecule has 2 N–H and O–H groups in total. The fourth-order valence-electron chi connectivity index (χ4n) is 4.27. The summed E-state index contributed by atoms with van der Waals surface area (Å²) < 4.78 is 90.8. The Bertz CT molecular complexity index is 1500. The molecule has 4 rings (SSSR count). The second kappa shape index (κ2) is 14.5. The molecule has 15 heteroatoms. The van der Waals surface area contributed by atoms with E-state index >= 15 is 0 Å². The highest BCUT2D eigenvalue weighted by molar-refractivity contribution is 6.36. The molecule has 240 valence electrons. The number of anilines is 2. The molecule has 0 saturated carbocycles. The molecular formula is C30H25Cl2F6N3O4. The van der Waals surface area contributed by atoms with Crippen molar-refractivity contribution in [2.45, 2.75) is 12.4 Å². The maximum Gasteiger partial charge on any atom is 0.416 e. The van der Waals surface area contributed by atoms with Crippen molar-refractivity contribution < 1.29 is 45.4 Å². The van der Waals surface area contributed by atoms with E-state index in [0.717, 1.165) is 30.3 Å². The van der Waals surface area contributed by atoms with Crippen molar-refractivity contribution in [2.75, 3.05) is 50.1 Å². The van der Waals surface area contributed by atoms with Gasteiger partial charge in [0.1, 0.15) is 17.9 Å². The Kier molecular flexibility index (Phi) is 11.0. The maximum atomic E-state index is 13.4. The first-order chi connectivity index (χ1) is 21.2. The standard InChI is InChI=1S/C30H25Cl2F6N3O4/c31-21-13-18(26(25(32)17-21)45-12-9-41-7-10-44-11-8-41)14-24(27(42)39-22-5-1-3-19(15-22)29(33,34)35)28(43)40-23-6-2-4-20(16-23)30(36,37)38/h1-6,13-17H,7-12H2,(H,39,42)(H,40,43). The molecular weight excluding hydrogens is 651 g/mol. The number of nitrogens with one attached hydrogen (secondary N) is 2. The van der Waals surface area contributed by atoms with Crippen molar-refractivity contribution in [2.24, 2.45) is 0 Å². The van der Waals surface area contributed by atoms with Crippen molar-refractivity contribution in [3.63, 3.8) is 0 Å². The summed E-state index contributed by atoms with van der Waals surface area (Å²) >= 11 is 12.6. The van der Waals surface area contributed by atoms with Crippen LogP contribution in [0, 0.1) is 0 Å². The number of carbonyl (C=O) groups excluding carboxylic acids is 2. The van der Waals surface area contributed by atoms with Crippen LogP contribution >= 0.6 is 23.2 Å². The number of amides is 2. The molecule has 1 fully saturated rings. The van der Waals surface area contributed by atoms with Gasteiger partial charge in [0.2, 0.25) is 0 Å². The Balaban J connectivity index is 1.69. The van der Waals surface area contributed by atoms with Crippen LogP contribution in [0.2, 0.25) is 10.0 Å². The summed E-state index contributed by atoms with van der Waals surface area (Å²) in [6, 6.07) is 10.1. The minimum absolute atomic E-state index is 0.0339. The molecule has 2 amide bonds. The zero-order chi connectivity index (χ0) is 32.8. The minimum atomic E-state index is -4.72. The van der Waals surface area contributed by atoms with Gasteiger partial charge in [-0.3, -0.25) is 14.5 Å². The number of hydrogen-bond acceptors (Lipinski definition) is 5. The van der Waals surface area contributed by atoms with E-state index in [2.05, 4.69) is 15.5 Å². The summed E-state index contributed by atoms with van der Waals surface area (Å²) in [5.74, 6) is -2.30. The van der Waals surface area contributed by atoms with Gasteiger partial charge in [0.15, 0.2) is 0 Å². The number of carbonyl (C=O) groups is 2. The monoisotopic (exact) mass is 675 g/mol. The van der Waals surface area contributed by atoms with Gasteiger partial charge in [0, 0.05) is 41.6 Å². The zero-order valence-corrected chi connectivity index (χ0v) is 24.7. The van der Waals surface area contributed by atoms with Crippen molar-refractivity contribution >= 4 is 52.5 Å². The van der Waals surface area contributed by atoms with Crippen molar-refractivity contribution in [3.8, 4) is 5.75 Å². The van der Waals surface area contributed by atoms with Crippen LogP contribution in [0.15, 0.2) is 66.2 Å². The molecule has 0 radical (unpaired) electrons. The Labute approximate surface area is 263 Å². The Morgan fingerprint density at radius 3 is 1.89 bits per heavy atom. The third kappa shape index (κ3) is 9.60. The van der Waals surface area contributed by atoms with Crippen LogP contribution in [0.25, 0.3) is 6.08 Å². The van der Waals surface area contributed by atoms with Crippen molar-refractivity contribution in [1.29, 1.82) is 0 Å². The SMILES string of the molecule is O=C(Nc1cccc(C(F)(F)F)c1)C(=Cc1cc(Cl)cc(Cl)c1OCCN1CCOCC1)C(=O)Nc1cccc(C(F)(F)F)c1. The Morgan fingerprint density at radius 1 is 0.844 bits per heavy atom. The van der Waals surface area contributed by atoms with E-state index in [1.165, 1.54) is 24.3 Å². The molecule has 0 aliphatic carbocycles. The molecule has 1 heterocycles. The van der Waals surface area contributed by atoms with Gasteiger partial charge in [-0.15, -0.1) is 0 Å². The largest absolute Gasteiger partial charge is 0.490 e. The molecule has 0 atom stereocenters. The number of rotatable bonds is 9. The van der Waals surface area contributed by atoms with Gasteiger partial charge < -0.3 is 20.1 Å². The number of alkyl halides is 6. The average molecular weight is 676 g/mol. The smallest absolute Gasteiger partial charge is 0.416 e. The highest BCUT2D eigenvalue weighted by atomic mass is 35.5. The van der Waals surface area contributed by atoms with Gasteiger partial charge in [-0.05, 0) is 54.6 Å². The number of morpholine rings is 1. The van der Waals surface area contributed by atoms with Crippen LogP contribution in [0.5, 0.6) is 5.75 Å². The van der Waals surface area contributed by atoms with E-state index in [9.17, 15) is 35.9 Å². The third-order valence-electron chi connectivity index (χ3n) is 6.48. The summed E-state index contributed by atoms with van der Waals surface area (Å²) in [7, 11) is 0. The molecule has 0 unspecified atom stereocenters. The van der Waals surface area contributed by atoms with Gasteiger partial charge in [0.05, 0.1) is 29.4 Å². The van der Waals surface area contributed by atoms with E-state index in [1.54, 1.807) is 0 Å². The molecule has 3 aromatic carbocycles.